The second-order valence-corrected chi connectivity index (χ2v) is 5.79. The first-order valence-corrected chi connectivity index (χ1v) is 7.86. The van der Waals surface area contributed by atoms with Crippen LogP contribution in [0.15, 0.2) is 42.5 Å². The Balaban J connectivity index is 1.83. The molecule has 4 rings (SSSR count). The van der Waals surface area contributed by atoms with Gasteiger partial charge in [0.25, 0.3) is 0 Å². The lowest BCUT2D eigenvalue weighted by Crippen LogP contribution is -2.04. The molecule has 2 heterocycles. The van der Waals surface area contributed by atoms with E-state index >= 15 is 0 Å². The fraction of sp³-hybridized carbons (Fsp3) is 0.0526. The van der Waals surface area contributed by atoms with Gasteiger partial charge in [0.1, 0.15) is 12.1 Å². The number of hydrogen-bond donors (Lipinski definition) is 0. The normalized spacial score (nSPS) is 11.3. The van der Waals surface area contributed by atoms with Crippen molar-refractivity contribution in [3.05, 3.63) is 59.4 Å². The van der Waals surface area contributed by atoms with Gasteiger partial charge in [-0.1, -0.05) is 18.2 Å². The van der Waals surface area contributed by atoms with E-state index in [0.29, 0.717) is 22.2 Å². The van der Waals surface area contributed by atoms with E-state index in [-0.39, 0.29) is 22.7 Å². The van der Waals surface area contributed by atoms with Crippen LogP contribution in [0.3, 0.4) is 0 Å². The molecule has 0 aliphatic rings. The molecule has 0 saturated heterocycles. The molecule has 9 heteroatoms. The third-order valence-corrected chi connectivity index (χ3v) is 4.05. The van der Waals surface area contributed by atoms with Crippen LogP contribution in [-0.2, 0) is 6.18 Å². The van der Waals surface area contributed by atoms with Crippen LogP contribution in [0.4, 0.5) is 13.2 Å². The number of nitrogens with zero attached hydrogens (tertiary/aromatic N) is 6. The average molecular weight is 376 g/mol. The van der Waals surface area contributed by atoms with Crippen LogP contribution >= 0.6 is 0 Å². The lowest BCUT2D eigenvalue weighted by Gasteiger charge is -2.08. The molecule has 6 nitrogen and oxygen atoms in total. The Labute approximate surface area is 155 Å². The largest absolute Gasteiger partial charge is 0.416 e. The van der Waals surface area contributed by atoms with Crippen molar-refractivity contribution in [2.24, 2.45) is 0 Å². The van der Waals surface area contributed by atoms with E-state index in [0.717, 1.165) is 12.1 Å². The van der Waals surface area contributed by atoms with Crippen molar-refractivity contribution in [1.29, 1.82) is 10.5 Å². The zero-order valence-electron chi connectivity index (χ0n) is 13.9. The van der Waals surface area contributed by atoms with Crippen LogP contribution in [0.5, 0.6) is 0 Å². The van der Waals surface area contributed by atoms with Gasteiger partial charge in [-0.3, -0.25) is 0 Å². The summed E-state index contributed by atoms with van der Waals surface area (Å²) >= 11 is 0. The summed E-state index contributed by atoms with van der Waals surface area (Å²) < 4.78 is 38.2. The highest BCUT2D eigenvalue weighted by Gasteiger charge is 2.29. The summed E-state index contributed by atoms with van der Waals surface area (Å²) in [5.41, 5.74) is 1.37. The average Bonchev–Trinajstić information content (AvgIpc) is 2.70. The molecule has 0 fully saturated rings. The molecular formula is C19H7F3N6. The zero-order valence-corrected chi connectivity index (χ0v) is 13.9. The number of rotatable bonds is 1. The van der Waals surface area contributed by atoms with E-state index in [1.807, 2.05) is 0 Å². The minimum atomic E-state index is -4.40. The second-order valence-electron chi connectivity index (χ2n) is 5.79. The number of benzene rings is 2. The monoisotopic (exact) mass is 376 g/mol. The molecule has 2 aromatic heterocycles. The van der Waals surface area contributed by atoms with Gasteiger partial charge in [-0.15, -0.1) is 0 Å². The highest BCUT2D eigenvalue weighted by Crippen LogP contribution is 2.31. The number of hydrogen-bond acceptors (Lipinski definition) is 6. The van der Waals surface area contributed by atoms with Crippen molar-refractivity contribution in [3.8, 4) is 23.3 Å². The molecule has 0 aliphatic heterocycles. The third-order valence-electron chi connectivity index (χ3n) is 4.05. The highest BCUT2D eigenvalue weighted by molar-refractivity contribution is 5.86. The fourth-order valence-corrected chi connectivity index (χ4v) is 2.69. The van der Waals surface area contributed by atoms with Gasteiger partial charge in [-0.25, -0.2) is 19.9 Å². The molecule has 2 aromatic carbocycles. The van der Waals surface area contributed by atoms with E-state index < -0.39 is 11.7 Å². The molecule has 0 aliphatic carbocycles. The molecule has 0 unspecified atom stereocenters. The Kier molecular flexibility index (Phi) is 3.86. The summed E-state index contributed by atoms with van der Waals surface area (Å²) in [7, 11) is 0. The number of fused-ring (bicyclic) bond motifs is 2. The lowest BCUT2D eigenvalue weighted by atomic mass is 10.0. The Bertz CT molecular complexity index is 1310. The predicted molar refractivity (Wildman–Crippen MR) is 92.5 cm³/mol. The molecular weight excluding hydrogens is 369 g/mol. The number of nitriles is 2. The van der Waals surface area contributed by atoms with Gasteiger partial charge in [-0.05, 0) is 35.4 Å². The molecule has 28 heavy (non-hydrogen) atoms. The van der Waals surface area contributed by atoms with Crippen molar-refractivity contribution in [1.82, 2.24) is 19.9 Å². The molecule has 0 bridgehead atoms. The number of aromatic nitrogens is 4. The molecule has 0 N–H and O–H groups in total. The topological polar surface area (TPSA) is 99.1 Å². The fourth-order valence-electron chi connectivity index (χ4n) is 2.69. The van der Waals surface area contributed by atoms with Crippen LogP contribution in [0.25, 0.3) is 33.5 Å². The first kappa shape index (κ1) is 17.3. The van der Waals surface area contributed by atoms with E-state index in [9.17, 15) is 13.2 Å². The lowest BCUT2D eigenvalue weighted by molar-refractivity contribution is -0.137. The maximum Gasteiger partial charge on any atom is 0.416 e. The van der Waals surface area contributed by atoms with E-state index in [1.54, 1.807) is 30.3 Å². The van der Waals surface area contributed by atoms with E-state index in [4.69, 9.17) is 10.5 Å². The van der Waals surface area contributed by atoms with Crippen LogP contribution in [0.1, 0.15) is 17.0 Å². The van der Waals surface area contributed by atoms with Gasteiger partial charge in [-0.2, -0.15) is 23.7 Å². The Morgan fingerprint density at radius 3 is 1.75 bits per heavy atom. The third kappa shape index (κ3) is 2.95. The first-order valence-electron chi connectivity index (χ1n) is 7.86. The zero-order chi connectivity index (χ0) is 19.9. The molecule has 4 aromatic rings. The summed E-state index contributed by atoms with van der Waals surface area (Å²) in [5.74, 6) is 0. The van der Waals surface area contributed by atoms with Crippen LogP contribution in [0.2, 0.25) is 0 Å². The van der Waals surface area contributed by atoms with Crippen LogP contribution in [-0.4, -0.2) is 19.9 Å². The molecule has 0 spiro atoms. The molecule has 0 amide bonds. The van der Waals surface area contributed by atoms with Gasteiger partial charge in [0.05, 0.1) is 16.6 Å². The minimum Gasteiger partial charge on any atom is -0.224 e. The molecule has 0 atom stereocenters. The minimum absolute atomic E-state index is 0.104. The van der Waals surface area contributed by atoms with Gasteiger partial charge in [0.2, 0.25) is 0 Å². The summed E-state index contributed by atoms with van der Waals surface area (Å²) in [6.07, 6.45) is -4.40. The number of alkyl halides is 3. The van der Waals surface area contributed by atoms with Gasteiger partial charge >= 0.3 is 6.18 Å². The quantitative estimate of drug-likeness (QED) is 0.466. The second kappa shape index (κ2) is 6.25. The summed E-state index contributed by atoms with van der Waals surface area (Å²) in [6.45, 7) is 0. The number of halogens is 3. The molecule has 0 saturated carbocycles. The highest BCUT2D eigenvalue weighted by atomic mass is 19.4. The van der Waals surface area contributed by atoms with Crippen molar-refractivity contribution in [2.45, 2.75) is 6.18 Å². The first-order chi connectivity index (χ1) is 13.4. The summed E-state index contributed by atoms with van der Waals surface area (Å²) in [5, 5.41) is 18.1. The summed E-state index contributed by atoms with van der Waals surface area (Å²) in [6, 6.07) is 13.4. The SMILES string of the molecule is N#Cc1nc2nc3ccc(-c4ccc(C(F)(F)F)cc4)cc3nc2nc1C#N. The van der Waals surface area contributed by atoms with Gasteiger partial charge < -0.3 is 0 Å². The van der Waals surface area contributed by atoms with Crippen molar-refractivity contribution >= 4 is 22.3 Å². The maximum atomic E-state index is 12.7. The predicted octanol–water partition coefficient (Wildman–Crippen LogP) is 4.00. The molecule has 134 valence electrons. The smallest absolute Gasteiger partial charge is 0.224 e. The van der Waals surface area contributed by atoms with Crippen molar-refractivity contribution < 1.29 is 13.2 Å². The Morgan fingerprint density at radius 2 is 1.21 bits per heavy atom. The maximum absolute atomic E-state index is 12.7. The molecule has 0 radical (unpaired) electrons. The standard InChI is InChI=1S/C19H7F3N6/c20-19(21,22)12-4-1-10(2-5-12)11-3-6-13-14(7-11)26-18-17(25-13)27-15(8-23)16(9-24)28-18/h1-7H. The van der Waals surface area contributed by atoms with E-state index in [1.165, 1.54) is 12.1 Å². The Morgan fingerprint density at radius 1 is 0.679 bits per heavy atom. The van der Waals surface area contributed by atoms with E-state index in [2.05, 4.69) is 19.9 Å². The van der Waals surface area contributed by atoms with Gasteiger partial charge in [0, 0.05) is 0 Å². The van der Waals surface area contributed by atoms with Crippen molar-refractivity contribution in [3.63, 3.8) is 0 Å². The van der Waals surface area contributed by atoms with Crippen molar-refractivity contribution in [2.75, 3.05) is 0 Å². The Hall–Kier alpha value is -4.11. The van der Waals surface area contributed by atoms with Crippen LogP contribution in [0, 0.1) is 22.7 Å². The van der Waals surface area contributed by atoms with Crippen LogP contribution < -0.4 is 0 Å². The van der Waals surface area contributed by atoms with Gasteiger partial charge in [0.15, 0.2) is 22.7 Å². The summed E-state index contributed by atoms with van der Waals surface area (Å²) in [4.78, 5) is 16.6.